The highest BCUT2D eigenvalue weighted by Crippen LogP contribution is 2.31. The van der Waals surface area contributed by atoms with E-state index in [1.807, 2.05) is 0 Å². The Bertz CT molecular complexity index is 661. The molecule has 1 aliphatic carbocycles. The predicted molar refractivity (Wildman–Crippen MR) is 92.3 cm³/mol. The molecule has 2 nitrogen and oxygen atoms in total. The van der Waals surface area contributed by atoms with Crippen LogP contribution in [0.3, 0.4) is 0 Å². The van der Waals surface area contributed by atoms with Crippen LogP contribution in [0.5, 0.6) is 0 Å². The maximum Gasteiger partial charge on any atom is 0.226 e. The molecule has 0 radical (unpaired) electrons. The standard InChI is InChI=1S/C21H23NO/c23-21(20-14-18-8-4-5-9-19(18)15-20)22-12-10-17(11-13-22)16-6-2-1-3-7-16/h1-9,17,20H,10-15H2. The van der Waals surface area contributed by atoms with Crippen LogP contribution in [0, 0.1) is 5.92 Å². The molecule has 118 valence electrons. The summed E-state index contributed by atoms with van der Waals surface area (Å²) >= 11 is 0. The summed E-state index contributed by atoms with van der Waals surface area (Å²) < 4.78 is 0. The minimum atomic E-state index is 0.167. The van der Waals surface area contributed by atoms with Crippen LogP contribution >= 0.6 is 0 Å². The number of carbonyl (C=O) groups excluding carboxylic acids is 1. The molecule has 1 aliphatic heterocycles. The minimum Gasteiger partial charge on any atom is -0.342 e. The number of nitrogens with zero attached hydrogens (tertiary/aromatic N) is 1. The fourth-order valence-corrected chi connectivity index (χ4v) is 4.15. The lowest BCUT2D eigenvalue weighted by Crippen LogP contribution is -2.41. The first kappa shape index (κ1) is 14.5. The number of piperidine rings is 1. The molecule has 0 spiro atoms. The molecule has 0 saturated carbocycles. The Balaban J connectivity index is 1.37. The van der Waals surface area contributed by atoms with Crippen LogP contribution in [0.1, 0.15) is 35.4 Å². The summed E-state index contributed by atoms with van der Waals surface area (Å²) in [6, 6.07) is 19.2. The second kappa shape index (κ2) is 6.19. The first-order valence-electron chi connectivity index (χ1n) is 8.72. The lowest BCUT2D eigenvalue weighted by Gasteiger charge is -2.33. The molecule has 2 heteroatoms. The van der Waals surface area contributed by atoms with Gasteiger partial charge in [0.05, 0.1) is 0 Å². The second-order valence-corrected chi connectivity index (χ2v) is 6.88. The average molecular weight is 305 g/mol. The highest BCUT2D eigenvalue weighted by atomic mass is 16.2. The molecule has 4 rings (SSSR count). The molecule has 1 fully saturated rings. The monoisotopic (exact) mass is 305 g/mol. The van der Waals surface area contributed by atoms with Crippen LogP contribution < -0.4 is 0 Å². The van der Waals surface area contributed by atoms with Gasteiger partial charge in [0.15, 0.2) is 0 Å². The average Bonchev–Trinajstić information content (AvgIpc) is 3.06. The largest absolute Gasteiger partial charge is 0.342 e. The van der Waals surface area contributed by atoms with Gasteiger partial charge in [0, 0.05) is 19.0 Å². The molecule has 2 aromatic carbocycles. The number of amides is 1. The van der Waals surface area contributed by atoms with Crippen LogP contribution in [0.4, 0.5) is 0 Å². The van der Waals surface area contributed by atoms with Gasteiger partial charge in [-0.3, -0.25) is 4.79 Å². The molecule has 0 unspecified atom stereocenters. The number of carbonyl (C=O) groups is 1. The molecule has 2 aliphatic rings. The third-order valence-corrected chi connectivity index (χ3v) is 5.48. The molecular weight excluding hydrogens is 282 g/mol. The third kappa shape index (κ3) is 2.90. The van der Waals surface area contributed by atoms with Crippen LogP contribution in [0.2, 0.25) is 0 Å². The summed E-state index contributed by atoms with van der Waals surface area (Å²) in [7, 11) is 0. The van der Waals surface area contributed by atoms with Gasteiger partial charge in [0.2, 0.25) is 5.91 Å². The zero-order valence-electron chi connectivity index (χ0n) is 13.4. The summed E-state index contributed by atoms with van der Waals surface area (Å²) in [5, 5.41) is 0. The smallest absolute Gasteiger partial charge is 0.226 e. The van der Waals surface area contributed by atoms with Crippen molar-refractivity contribution in [2.75, 3.05) is 13.1 Å². The van der Waals surface area contributed by atoms with Gasteiger partial charge in [-0.25, -0.2) is 0 Å². The SMILES string of the molecule is O=C(C1Cc2ccccc2C1)N1CCC(c2ccccc2)CC1. The van der Waals surface area contributed by atoms with E-state index in [2.05, 4.69) is 59.5 Å². The van der Waals surface area contributed by atoms with Crippen molar-refractivity contribution in [3.8, 4) is 0 Å². The predicted octanol–water partition coefficient (Wildman–Crippen LogP) is 3.81. The van der Waals surface area contributed by atoms with Gasteiger partial charge < -0.3 is 4.90 Å². The molecule has 0 aromatic heterocycles. The lowest BCUT2D eigenvalue weighted by molar-refractivity contribution is -0.136. The third-order valence-electron chi connectivity index (χ3n) is 5.48. The van der Waals surface area contributed by atoms with E-state index in [0.717, 1.165) is 38.8 Å². The quantitative estimate of drug-likeness (QED) is 0.826. The van der Waals surface area contributed by atoms with Crippen molar-refractivity contribution in [3.05, 3.63) is 71.3 Å². The fourth-order valence-electron chi connectivity index (χ4n) is 4.15. The zero-order valence-corrected chi connectivity index (χ0v) is 13.4. The van der Waals surface area contributed by atoms with E-state index in [-0.39, 0.29) is 5.92 Å². The fraction of sp³-hybridized carbons (Fsp3) is 0.381. The van der Waals surface area contributed by atoms with Crippen molar-refractivity contribution in [2.45, 2.75) is 31.6 Å². The van der Waals surface area contributed by atoms with Crippen molar-refractivity contribution >= 4 is 5.91 Å². The van der Waals surface area contributed by atoms with E-state index < -0.39 is 0 Å². The van der Waals surface area contributed by atoms with Gasteiger partial charge in [-0.2, -0.15) is 0 Å². The summed E-state index contributed by atoms with van der Waals surface area (Å²) in [6.07, 6.45) is 4.03. The highest BCUT2D eigenvalue weighted by molar-refractivity contribution is 5.80. The van der Waals surface area contributed by atoms with Gasteiger partial charge in [-0.15, -0.1) is 0 Å². The van der Waals surface area contributed by atoms with Gasteiger partial charge in [-0.05, 0) is 48.3 Å². The molecule has 1 saturated heterocycles. The molecular formula is C21H23NO. The molecule has 23 heavy (non-hydrogen) atoms. The van der Waals surface area contributed by atoms with E-state index >= 15 is 0 Å². The lowest BCUT2D eigenvalue weighted by atomic mass is 9.89. The van der Waals surface area contributed by atoms with E-state index in [1.54, 1.807) is 0 Å². The first-order chi connectivity index (χ1) is 11.3. The molecule has 0 bridgehead atoms. The number of hydrogen-bond acceptors (Lipinski definition) is 1. The molecule has 1 heterocycles. The Hall–Kier alpha value is -2.09. The van der Waals surface area contributed by atoms with E-state index in [1.165, 1.54) is 16.7 Å². The van der Waals surface area contributed by atoms with Crippen LogP contribution in [-0.4, -0.2) is 23.9 Å². The van der Waals surface area contributed by atoms with Crippen molar-refractivity contribution in [1.82, 2.24) is 4.90 Å². The van der Waals surface area contributed by atoms with Gasteiger partial charge in [-0.1, -0.05) is 54.6 Å². The Labute approximate surface area is 138 Å². The Morgan fingerprint density at radius 1 is 0.826 bits per heavy atom. The minimum absolute atomic E-state index is 0.167. The molecule has 0 N–H and O–H groups in total. The van der Waals surface area contributed by atoms with Gasteiger partial charge in [0.1, 0.15) is 0 Å². The molecule has 2 aromatic rings. The van der Waals surface area contributed by atoms with E-state index in [4.69, 9.17) is 0 Å². The van der Waals surface area contributed by atoms with Crippen LogP contribution in [0.25, 0.3) is 0 Å². The molecule has 1 amide bonds. The van der Waals surface area contributed by atoms with Crippen molar-refractivity contribution in [1.29, 1.82) is 0 Å². The summed E-state index contributed by atoms with van der Waals surface area (Å²) in [4.78, 5) is 14.9. The summed E-state index contributed by atoms with van der Waals surface area (Å²) in [6.45, 7) is 1.82. The summed E-state index contributed by atoms with van der Waals surface area (Å²) in [5.74, 6) is 1.15. The normalized spacial score (nSPS) is 18.9. The molecule has 0 atom stereocenters. The number of hydrogen-bond donors (Lipinski definition) is 0. The number of benzene rings is 2. The van der Waals surface area contributed by atoms with Gasteiger partial charge in [0.25, 0.3) is 0 Å². The van der Waals surface area contributed by atoms with Crippen LogP contribution in [-0.2, 0) is 17.6 Å². The maximum absolute atomic E-state index is 12.8. The van der Waals surface area contributed by atoms with E-state index in [9.17, 15) is 4.79 Å². The Kier molecular flexibility index (Phi) is 3.90. The second-order valence-electron chi connectivity index (χ2n) is 6.88. The first-order valence-corrected chi connectivity index (χ1v) is 8.72. The topological polar surface area (TPSA) is 20.3 Å². The van der Waals surface area contributed by atoms with Crippen LogP contribution in [0.15, 0.2) is 54.6 Å². The zero-order chi connectivity index (χ0) is 15.6. The maximum atomic E-state index is 12.8. The van der Waals surface area contributed by atoms with Crippen molar-refractivity contribution < 1.29 is 4.79 Å². The summed E-state index contributed by atoms with van der Waals surface area (Å²) in [5.41, 5.74) is 4.16. The Morgan fingerprint density at radius 3 is 2.00 bits per heavy atom. The number of fused-ring (bicyclic) bond motifs is 1. The number of rotatable bonds is 2. The van der Waals surface area contributed by atoms with Crippen molar-refractivity contribution in [2.24, 2.45) is 5.92 Å². The van der Waals surface area contributed by atoms with E-state index in [0.29, 0.717) is 11.8 Å². The highest BCUT2D eigenvalue weighted by Gasteiger charge is 2.32. The Morgan fingerprint density at radius 2 is 1.39 bits per heavy atom. The van der Waals surface area contributed by atoms with Crippen molar-refractivity contribution in [3.63, 3.8) is 0 Å². The van der Waals surface area contributed by atoms with Gasteiger partial charge >= 0.3 is 0 Å². The number of likely N-dealkylation sites (tertiary alicyclic amines) is 1.